The van der Waals surface area contributed by atoms with Crippen molar-refractivity contribution < 1.29 is 25.4 Å². The molecular formula is C24H21NO6S2. The Morgan fingerprint density at radius 3 is 1.55 bits per heavy atom. The van der Waals surface area contributed by atoms with Crippen LogP contribution in [0.3, 0.4) is 0 Å². The average molecular weight is 484 g/mol. The van der Waals surface area contributed by atoms with Crippen molar-refractivity contribution in [1.29, 1.82) is 0 Å². The molecule has 4 rings (SSSR count). The molecule has 4 aromatic carbocycles. The van der Waals surface area contributed by atoms with E-state index in [9.17, 15) is 16.8 Å². The van der Waals surface area contributed by atoms with Crippen LogP contribution in [0.2, 0.25) is 0 Å². The summed E-state index contributed by atoms with van der Waals surface area (Å²) < 4.78 is 62.5. The molecule has 0 aromatic heterocycles. The Morgan fingerprint density at radius 2 is 1.03 bits per heavy atom. The van der Waals surface area contributed by atoms with Crippen molar-refractivity contribution in [3.63, 3.8) is 0 Å². The molecule has 0 aliphatic rings. The highest BCUT2D eigenvalue weighted by molar-refractivity contribution is 7.87. The minimum absolute atomic E-state index is 0.111. The first-order valence-corrected chi connectivity index (χ1v) is 12.8. The lowest BCUT2D eigenvalue weighted by Crippen LogP contribution is -2.31. The van der Waals surface area contributed by atoms with Crippen LogP contribution in [0.25, 0.3) is 10.8 Å². The van der Waals surface area contributed by atoms with Crippen molar-refractivity contribution in [2.75, 3.05) is 5.23 Å². The van der Waals surface area contributed by atoms with Gasteiger partial charge < -0.3 is 0 Å². The second kappa shape index (κ2) is 8.95. The van der Waals surface area contributed by atoms with Crippen molar-refractivity contribution >= 4 is 36.7 Å². The van der Waals surface area contributed by atoms with E-state index in [1.807, 2.05) is 19.9 Å². The van der Waals surface area contributed by atoms with Crippen LogP contribution < -0.4 is 5.23 Å². The van der Waals surface area contributed by atoms with E-state index in [2.05, 4.69) is 0 Å². The van der Waals surface area contributed by atoms with Crippen molar-refractivity contribution in [2.45, 2.75) is 23.6 Å². The molecule has 7 nitrogen and oxygen atoms in total. The minimum Gasteiger partial charge on any atom is -0.192 e. The molecule has 33 heavy (non-hydrogen) atoms. The van der Waals surface area contributed by atoms with E-state index in [0.29, 0.717) is 10.6 Å². The Balaban J connectivity index is 1.80. The Morgan fingerprint density at radius 1 is 0.576 bits per heavy atom. The van der Waals surface area contributed by atoms with Gasteiger partial charge in [-0.2, -0.15) is 16.8 Å². The second-order valence-electron chi connectivity index (χ2n) is 7.44. The summed E-state index contributed by atoms with van der Waals surface area (Å²) in [4.78, 5) is -0.288. The third-order valence-electron chi connectivity index (χ3n) is 4.91. The molecule has 0 spiro atoms. The van der Waals surface area contributed by atoms with Crippen LogP contribution in [0.4, 0.5) is 5.69 Å². The maximum Gasteiger partial charge on any atom is 0.319 e. The van der Waals surface area contributed by atoms with Crippen LogP contribution in [0.15, 0.2) is 101 Å². The second-order valence-corrected chi connectivity index (χ2v) is 10.5. The fourth-order valence-corrected chi connectivity index (χ4v) is 4.86. The molecule has 170 valence electrons. The van der Waals surface area contributed by atoms with Gasteiger partial charge in [-0.1, -0.05) is 77.0 Å². The number of anilines is 1. The topological polar surface area (TPSA) is 90.0 Å². The van der Waals surface area contributed by atoms with E-state index in [1.165, 1.54) is 30.3 Å². The molecule has 0 bridgehead atoms. The molecule has 0 fully saturated rings. The van der Waals surface area contributed by atoms with E-state index in [1.54, 1.807) is 54.6 Å². The summed E-state index contributed by atoms with van der Waals surface area (Å²) in [6, 6.07) is 24.0. The van der Waals surface area contributed by atoms with Gasteiger partial charge in [0.05, 0.1) is 9.79 Å². The fraction of sp³-hybridized carbons (Fsp3) is 0.0833. The molecule has 0 aliphatic carbocycles. The van der Waals surface area contributed by atoms with Crippen LogP contribution in [0.1, 0.15) is 11.1 Å². The van der Waals surface area contributed by atoms with Gasteiger partial charge >= 0.3 is 20.2 Å². The number of nitrogens with zero attached hydrogens (tertiary/aromatic N) is 1. The van der Waals surface area contributed by atoms with E-state index in [4.69, 9.17) is 8.57 Å². The maximum atomic E-state index is 13.0. The molecule has 9 heteroatoms. The molecule has 0 saturated carbocycles. The van der Waals surface area contributed by atoms with Gasteiger partial charge in [0.2, 0.25) is 0 Å². The molecule has 0 heterocycles. The zero-order valence-electron chi connectivity index (χ0n) is 17.9. The van der Waals surface area contributed by atoms with Gasteiger partial charge in [-0.3, -0.25) is 0 Å². The zero-order chi connectivity index (χ0) is 23.6. The van der Waals surface area contributed by atoms with Crippen molar-refractivity contribution in [1.82, 2.24) is 0 Å². The molecule has 0 atom stereocenters. The molecule has 0 aliphatic heterocycles. The Labute approximate surface area is 193 Å². The highest BCUT2D eigenvalue weighted by Crippen LogP contribution is 2.31. The molecule has 0 saturated heterocycles. The van der Waals surface area contributed by atoms with E-state index in [-0.39, 0.29) is 15.5 Å². The standard InChI is InChI=1S/C24H21NO6S2/c1-18-10-14-21(15-11-18)32(26,27)30-25(24-9-5-7-20-6-3-4-8-23(20)24)31-33(28,29)22-16-12-19(2)13-17-22/h3-17H,1-2H3. The van der Waals surface area contributed by atoms with Gasteiger partial charge in [-0.25, -0.2) is 0 Å². The van der Waals surface area contributed by atoms with E-state index in [0.717, 1.165) is 16.5 Å². The monoisotopic (exact) mass is 483 g/mol. The molecular weight excluding hydrogens is 462 g/mol. The summed E-state index contributed by atoms with van der Waals surface area (Å²) >= 11 is 0. The summed E-state index contributed by atoms with van der Waals surface area (Å²) in [6.45, 7) is 3.63. The number of rotatable bonds is 7. The fourth-order valence-electron chi connectivity index (χ4n) is 3.13. The van der Waals surface area contributed by atoms with Crippen LogP contribution in [0.5, 0.6) is 0 Å². The Kier molecular flexibility index (Phi) is 6.22. The summed E-state index contributed by atoms with van der Waals surface area (Å²) in [6.07, 6.45) is 0. The molecule has 0 N–H and O–H groups in total. The summed E-state index contributed by atoms with van der Waals surface area (Å²) in [5.41, 5.74) is 1.83. The first kappa shape index (κ1) is 22.9. The predicted octanol–water partition coefficient (Wildman–Crippen LogP) is 4.90. The van der Waals surface area contributed by atoms with Crippen LogP contribution >= 0.6 is 0 Å². The van der Waals surface area contributed by atoms with Crippen molar-refractivity contribution in [3.8, 4) is 0 Å². The lowest BCUT2D eigenvalue weighted by molar-refractivity contribution is 0.0862. The minimum atomic E-state index is -4.42. The number of aryl methyl sites for hydroxylation is 2. The lowest BCUT2D eigenvalue weighted by atomic mass is 10.1. The zero-order valence-corrected chi connectivity index (χ0v) is 19.5. The first-order chi connectivity index (χ1) is 15.7. The maximum absolute atomic E-state index is 13.0. The van der Waals surface area contributed by atoms with Crippen LogP contribution in [-0.4, -0.2) is 16.8 Å². The highest BCUT2D eigenvalue weighted by atomic mass is 32.2. The summed E-state index contributed by atoms with van der Waals surface area (Å²) in [5.74, 6) is 0. The number of fused-ring (bicyclic) bond motifs is 1. The van der Waals surface area contributed by atoms with Gasteiger partial charge in [0.1, 0.15) is 5.69 Å². The van der Waals surface area contributed by atoms with Gasteiger partial charge in [-0.05, 0) is 49.6 Å². The van der Waals surface area contributed by atoms with Gasteiger partial charge in [0, 0.05) is 5.39 Å². The van der Waals surface area contributed by atoms with Crippen molar-refractivity contribution in [2.24, 2.45) is 0 Å². The van der Waals surface area contributed by atoms with Gasteiger partial charge in [0.15, 0.2) is 0 Å². The quantitative estimate of drug-likeness (QED) is 0.345. The third-order valence-corrected chi connectivity index (χ3v) is 7.28. The summed E-state index contributed by atoms with van der Waals surface area (Å²) in [5, 5.41) is 1.72. The lowest BCUT2D eigenvalue weighted by Gasteiger charge is -2.22. The predicted molar refractivity (Wildman–Crippen MR) is 125 cm³/mol. The van der Waals surface area contributed by atoms with Gasteiger partial charge in [0.25, 0.3) is 0 Å². The van der Waals surface area contributed by atoms with E-state index < -0.39 is 20.2 Å². The Bertz CT molecular complexity index is 1410. The molecule has 0 unspecified atom stereocenters. The number of hydrogen-bond donors (Lipinski definition) is 0. The van der Waals surface area contributed by atoms with Crippen molar-refractivity contribution in [3.05, 3.63) is 102 Å². The third kappa shape index (κ3) is 5.07. The number of hydrogen-bond acceptors (Lipinski definition) is 7. The smallest absolute Gasteiger partial charge is 0.192 e. The van der Waals surface area contributed by atoms with Crippen LogP contribution in [0, 0.1) is 13.8 Å². The van der Waals surface area contributed by atoms with Gasteiger partial charge in [-0.15, -0.1) is 8.57 Å². The number of benzene rings is 4. The average Bonchev–Trinajstić information content (AvgIpc) is 2.78. The Hall–Kier alpha value is -3.24. The normalized spacial score (nSPS) is 12.1. The largest absolute Gasteiger partial charge is 0.319 e. The van der Waals surface area contributed by atoms with Crippen LogP contribution in [-0.2, 0) is 28.8 Å². The molecule has 4 aromatic rings. The SMILES string of the molecule is Cc1ccc(S(=O)(=O)ON(OS(=O)(=O)c2ccc(C)cc2)c2cccc3ccccc23)cc1. The summed E-state index contributed by atoms with van der Waals surface area (Å²) in [7, 11) is -8.84. The molecule has 0 amide bonds. The van der Waals surface area contributed by atoms with E-state index >= 15 is 0 Å². The highest BCUT2D eigenvalue weighted by Gasteiger charge is 2.29. The first-order valence-electron chi connectivity index (χ1n) is 9.96. The molecule has 0 radical (unpaired) electrons.